The van der Waals surface area contributed by atoms with E-state index >= 15 is 0 Å². The van der Waals surface area contributed by atoms with Gasteiger partial charge in [-0.3, -0.25) is 4.79 Å². The van der Waals surface area contributed by atoms with Gasteiger partial charge in [0, 0.05) is 12.3 Å². The van der Waals surface area contributed by atoms with Crippen LogP contribution < -0.4 is 4.74 Å². The summed E-state index contributed by atoms with van der Waals surface area (Å²) in [6, 6.07) is 8.14. The lowest BCUT2D eigenvalue weighted by Gasteiger charge is -2.11. The molecule has 0 spiro atoms. The zero-order valence-corrected chi connectivity index (χ0v) is 10.6. The number of ketones is 1. The molecule has 0 amide bonds. The van der Waals surface area contributed by atoms with Crippen molar-refractivity contribution in [3.8, 4) is 5.75 Å². The normalized spacial score (nSPS) is 19.9. The van der Waals surface area contributed by atoms with Crippen molar-refractivity contribution in [2.45, 2.75) is 45.6 Å². The Balaban J connectivity index is 1.95. The van der Waals surface area contributed by atoms with E-state index in [9.17, 15) is 4.79 Å². The molecule has 0 aromatic heterocycles. The van der Waals surface area contributed by atoms with Gasteiger partial charge in [0.1, 0.15) is 11.5 Å². The van der Waals surface area contributed by atoms with E-state index in [1.54, 1.807) is 0 Å². The third-order valence-corrected chi connectivity index (χ3v) is 3.21. The molecule has 1 unspecified atom stereocenters. The molecule has 1 aromatic carbocycles. The second-order valence-electron chi connectivity index (χ2n) is 5.07. The second kappa shape index (κ2) is 5.35. The van der Waals surface area contributed by atoms with Crippen LogP contribution in [0.25, 0.3) is 0 Å². The van der Waals surface area contributed by atoms with Gasteiger partial charge in [0.2, 0.25) is 0 Å². The standard InChI is InChI=1S/C15H20O2/c1-11(2)17-14-8-6-12(7-9-14)10-13-4-3-5-15(13)16/h6-9,11,13H,3-5,10H2,1-2H3. The quantitative estimate of drug-likeness (QED) is 0.795. The minimum Gasteiger partial charge on any atom is -0.491 e. The van der Waals surface area contributed by atoms with Crippen LogP contribution in [0.15, 0.2) is 24.3 Å². The molecule has 17 heavy (non-hydrogen) atoms. The number of rotatable bonds is 4. The van der Waals surface area contributed by atoms with Crippen LogP contribution in [-0.2, 0) is 11.2 Å². The van der Waals surface area contributed by atoms with Gasteiger partial charge >= 0.3 is 0 Å². The molecule has 1 aliphatic carbocycles. The summed E-state index contributed by atoms with van der Waals surface area (Å²) in [5.74, 6) is 1.60. The fourth-order valence-electron chi connectivity index (χ4n) is 2.36. The van der Waals surface area contributed by atoms with Crippen LogP contribution in [0.3, 0.4) is 0 Å². The van der Waals surface area contributed by atoms with Crippen LogP contribution in [0, 0.1) is 5.92 Å². The number of Topliss-reactive ketones (excluding diaryl/α,β-unsaturated/α-hetero) is 1. The van der Waals surface area contributed by atoms with E-state index in [4.69, 9.17) is 4.74 Å². The van der Waals surface area contributed by atoms with Gasteiger partial charge in [0.15, 0.2) is 0 Å². The molecular weight excluding hydrogens is 212 g/mol. The molecule has 92 valence electrons. The van der Waals surface area contributed by atoms with Crippen LogP contribution in [-0.4, -0.2) is 11.9 Å². The van der Waals surface area contributed by atoms with Gasteiger partial charge in [-0.05, 0) is 50.8 Å². The zero-order valence-electron chi connectivity index (χ0n) is 10.6. The average Bonchev–Trinajstić information content (AvgIpc) is 2.67. The Morgan fingerprint density at radius 1 is 1.29 bits per heavy atom. The summed E-state index contributed by atoms with van der Waals surface area (Å²) in [6.07, 6.45) is 4.00. The maximum Gasteiger partial charge on any atom is 0.136 e. The number of hydrogen-bond acceptors (Lipinski definition) is 2. The van der Waals surface area contributed by atoms with Crippen molar-refractivity contribution in [1.29, 1.82) is 0 Å². The lowest BCUT2D eigenvalue weighted by molar-refractivity contribution is -0.120. The summed E-state index contributed by atoms with van der Waals surface area (Å²) in [4.78, 5) is 11.6. The molecule has 1 fully saturated rings. The molecule has 0 bridgehead atoms. The van der Waals surface area contributed by atoms with Gasteiger partial charge in [-0.1, -0.05) is 12.1 Å². The SMILES string of the molecule is CC(C)Oc1ccc(CC2CCCC2=O)cc1. The lowest BCUT2D eigenvalue weighted by atomic mass is 9.97. The van der Waals surface area contributed by atoms with E-state index in [0.29, 0.717) is 5.78 Å². The molecule has 1 aliphatic rings. The highest BCUT2D eigenvalue weighted by atomic mass is 16.5. The first-order valence-electron chi connectivity index (χ1n) is 6.43. The monoisotopic (exact) mass is 232 g/mol. The van der Waals surface area contributed by atoms with Crippen molar-refractivity contribution in [3.63, 3.8) is 0 Å². The smallest absolute Gasteiger partial charge is 0.136 e. The predicted molar refractivity (Wildman–Crippen MR) is 68.3 cm³/mol. The Morgan fingerprint density at radius 3 is 2.53 bits per heavy atom. The molecule has 0 radical (unpaired) electrons. The Morgan fingerprint density at radius 2 is 2.00 bits per heavy atom. The number of carbonyl (C=O) groups is 1. The van der Waals surface area contributed by atoms with Gasteiger partial charge in [-0.25, -0.2) is 0 Å². The van der Waals surface area contributed by atoms with Gasteiger partial charge in [-0.15, -0.1) is 0 Å². The van der Waals surface area contributed by atoms with E-state index in [2.05, 4.69) is 12.1 Å². The fraction of sp³-hybridized carbons (Fsp3) is 0.533. The van der Waals surface area contributed by atoms with Gasteiger partial charge < -0.3 is 4.74 Å². The highest BCUT2D eigenvalue weighted by Crippen LogP contribution is 2.25. The Kier molecular flexibility index (Phi) is 3.82. The van der Waals surface area contributed by atoms with Crippen LogP contribution in [0.1, 0.15) is 38.7 Å². The largest absolute Gasteiger partial charge is 0.491 e. The molecule has 0 aliphatic heterocycles. The van der Waals surface area contributed by atoms with Crippen molar-refractivity contribution in [3.05, 3.63) is 29.8 Å². The molecule has 0 saturated heterocycles. The number of benzene rings is 1. The minimum absolute atomic E-state index is 0.206. The number of hydrogen-bond donors (Lipinski definition) is 0. The third-order valence-electron chi connectivity index (χ3n) is 3.21. The Hall–Kier alpha value is -1.31. The van der Waals surface area contributed by atoms with E-state index in [0.717, 1.165) is 31.4 Å². The number of carbonyl (C=O) groups excluding carboxylic acids is 1. The maximum absolute atomic E-state index is 11.6. The first-order chi connectivity index (χ1) is 8.15. The van der Waals surface area contributed by atoms with E-state index in [-0.39, 0.29) is 12.0 Å². The first-order valence-corrected chi connectivity index (χ1v) is 6.43. The average molecular weight is 232 g/mol. The van der Waals surface area contributed by atoms with Crippen LogP contribution in [0.2, 0.25) is 0 Å². The Labute approximate surface area is 103 Å². The first kappa shape index (κ1) is 12.2. The Bertz CT molecular complexity index is 378. The molecule has 2 rings (SSSR count). The van der Waals surface area contributed by atoms with Gasteiger partial charge in [0.05, 0.1) is 6.10 Å². The van der Waals surface area contributed by atoms with Crippen molar-refractivity contribution < 1.29 is 9.53 Å². The van der Waals surface area contributed by atoms with E-state index in [1.165, 1.54) is 5.56 Å². The fourth-order valence-corrected chi connectivity index (χ4v) is 2.36. The van der Waals surface area contributed by atoms with Crippen molar-refractivity contribution in [2.75, 3.05) is 0 Å². The van der Waals surface area contributed by atoms with Crippen molar-refractivity contribution in [2.24, 2.45) is 5.92 Å². The highest BCUT2D eigenvalue weighted by molar-refractivity contribution is 5.83. The van der Waals surface area contributed by atoms with Crippen LogP contribution >= 0.6 is 0 Å². The van der Waals surface area contributed by atoms with Crippen LogP contribution in [0.4, 0.5) is 0 Å². The maximum atomic E-state index is 11.6. The van der Waals surface area contributed by atoms with E-state index in [1.807, 2.05) is 26.0 Å². The summed E-state index contributed by atoms with van der Waals surface area (Å²) in [5.41, 5.74) is 1.24. The minimum atomic E-state index is 0.206. The molecule has 2 nitrogen and oxygen atoms in total. The summed E-state index contributed by atoms with van der Waals surface area (Å²) in [6.45, 7) is 4.04. The van der Waals surface area contributed by atoms with Crippen molar-refractivity contribution >= 4 is 5.78 Å². The zero-order chi connectivity index (χ0) is 12.3. The summed E-state index contributed by atoms with van der Waals surface area (Å²) >= 11 is 0. The van der Waals surface area contributed by atoms with Crippen LogP contribution in [0.5, 0.6) is 5.75 Å². The molecule has 1 aromatic rings. The number of ether oxygens (including phenoxy) is 1. The third kappa shape index (κ3) is 3.32. The molecule has 1 atom stereocenters. The van der Waals surface area contributed by atoms with Gasteiger partial charge in [-0.2, -0.15) is 0 Å². The predicted octanol–water partition coefficient (Wildman–Crippen LogP) is 3.39. The molecular formula is C15H20O2. The summed E-state index contributed by atoms with van der Waals surface area (Å²) < 4.78 is 5.59. The molecule has 2 heteroatoms. The topological polar surface area (TPSA) is 26.3 Å². The van der Waals surface area contributed by atoms with E-state index < -0.39 is 0 Å². The lowest BCUT2D eigenvalue weighted by Crippen LogP contribution is -2.09. The molecule has 0 heterocycles. The molecule has 1 saturated carbocycles. The molecule has 0 N–H and O–H groups in total. The summed E-state index contributed by atoms with van der Waals surface area (Å²) in [7, 11) is 0. The highest BCUT2D eigenvalue weighted by Gasteiger charge is 2.24. The second-order valence-corrected chi connectivity index (χ2v) is 5.07. The van der Waals surface area contributed by atoms with Gasteiger partial charge in [0.25, 0.3) is 0 Å². The van der Waals surface area contributed by atoms with Crippen molar-refractivity contribution in [1.82, 2.24) is 0 Å². The summed E-state index contributed by atoms with van der Waals surface area (Å²) in [5, 5.41) is 0.